The third-order valence-electron chi connectivity index (χ3n) is 5.73. The van der Waals surface area contributed by atoms with Crippen molar-refractivity contribution >= 4 is 5.91 Å². The second-order valence-corrected chi connectivity index (χ2v) is 8.17. The van der Waals surface area contributed by atoms with Gasteiger partial charge in [-0.3, -0.25) is 9.59 Å². The van der Waals surface area contributed by atoms with Crippen LogP contribution < -0.4 is 15.0 Å². The predicted octanol–water partition coefficient (Wildman–Crippen LogP) is 2.77. The van der Waals surface area contributed by atoms with Crippen molar-refractivity contribution in [1.29, 1.82) is 5.26 Å². The molecular formula is C22H23N3O4. The maximum Gasteiger partial charge on any atom is 0.266 e. The number of likely N-dealkylation sites (tertiary alicyclic amines) is 1. The molecule has 0 unspecified atom stereocenters. The maximum absolute atomic E-state index is 13.2. The molecule has 0 spiro atoms. The minimum atomic E-state index is -0.465. The van der Waals surface area contributed by atoms with E-state index in [0.717, 1.165) is 36.3 Å². The lowest BCUT2D eigenvalue weighted by molar-refractivity contribution is 0.0549. The van der Waals surface area contributed by atoms with Gasteiger partial charge in [0.25, 0.3) is 11.5 Å². The number of carbonyl (C=O) groups is 1. The molecule has 0 radical (unpaired) electrons. The normalized spacial score (nSPS) is 20.4. The molecule has 7 nitrogen and oxygen atoms in total. The predicted molar refractivity (Wildman–Crippen MR) is 106 cm³/mol. The Morgan fingerprint density at radius 3 is 2.90 bits per heavy atom. The third-order valence-corrected chi connectivity index (χ3v) is 5.73. The molecule has 1 aromatic carbocycles. The summed E-state index contributed by atoms with van der Waals surface area (Å²) in [5.74, 6) is 1.38. The number of nitrogens with one attached hydrogen (secondary N) is 1. The summed E-state index contributed by atoms with van der Waals surface area (Å²) in [7, 11) is 0. The van der Waals surface area contributed by atoms with Crippen LogP contribution in [0, 0.1) is 23.7 Å². The van der Waals surface area contributed by atoms with Crippen LogP contribution in [-0.4, -0.2) is 35.7 Å². The van der Waals surface area contributed by atoms with Gasteiger partial charge in [0.1, 0.15) is 11.6 Å². The van der Waals surface area contributed by atoms with Crippen molar-refractivity contribution < 1.29 is 14.3 Å². The summed E-state index contributed by atoms with van der Waals surface area (Å²) in [6, 6.07) is 9.25. The van der Waals surface area contributed by atoms with E-state index in [0.29, 0.717) is 24.3 Å². The van der Waals surface area contributed by atoms with E-state index in [-0.39, 0.29) is 23.7 Å². The smallest absolute Gasteiger partial charge is 0.266 e. The van der Waals surface area contributed by atoms with E-state index in [1.807, 2.05) is 29.2 Å². The Balaban J connectivity index is 1.54. The molecule has 3 heterocycles. The average Bonchev–Trinajstić information content (AvgIpc) is 3.15. The molecule has 150 valence electrons. The number of H-pyrrole nitrogens is 1. The van der Waals surface area contributed by atoms with E-state index in [1.165, 1.54) is 6.07 Å². The molecule has 7 heteroatoms. The number of aryl methyl sites for hydroxylation is 1. The highest BCUT2D eigenvalue weighted by molar-refractivity contribution is 5.95. The van der Waals surface area contributed by atoms with Gasteiger partial charge < -0.3 is 19.4 Å². The summed E-state index contributed by atoms with van der Waals surface area (Å²) in [6.07, 6.45) is 2.74. The zero-order chi connectivity index (χ0) is 20.6. The fourth-order valence-electron chi connectivity index (χ4n) is 4.28. The number of benzene rings is 1. The van der Waals surface area contributed by atoms with Gasteiger partial charge in [0, 0.05) is 18.8 Å². The van der Waals surface area contributed by atoms with E-state index in [1.54, 1.807) is 6.92 Å². The van der Waals surface area contributed by atoms with Gasteiger partial charge >= 0.3 is 0 Å². The second-order valence-electron chi connectivity index (χ2n) is 8.17. The highest BCUT2D eigenvalue weighted by atomic mass is 16.7. The van der Waals surface area contributed by atoms with Crippen molar-refractivity contribution in [3.8, 4) is 17.6 Å². The van der Waals surface area contributed by atoms with Crippen molar-refractivity contribution in [2.24, 2.45) is 5.41 Å². The summed E-state index contributed by atoms with van der Waals surface area (Å²) < 4.78 is 10.9. The van der Waals surface area contributed by atoms with Gasteiger partial charge in [-0.25, -0.2) is 0 Å². The van der Waals surface area contributed by atoms with Gasteiger partial charge in [0.2, 0.25) is 6.79 Å². The first-order valence-corrected chi connectivity index (χ1v) is 9.70. The SMILES string of the molecule is Cc1[nH]c(=O)c(C#N)cc1C(=O)N1CCC[C@](C)(Cc2ccc3c(c2)OCO3)C1. The lowest BCUT2D eigenvalue weighted by Gasteiger charge is -2.41. The number of nitriles is 1. The summed E-state index contributed by atoms with van der Waals surface area (Å²) in [5.41, 5.74) is 1.44. The summed E-state index contributed by atoms with van der Waals surface area (Å²) in [5, 5.41) is 9.13. The second kappa shape index (κ2) is 7.28. The molecular weight excluding hydrogens is 370 g/mol. The van der Waals surface area contributed by atoms with Crippen molar-refractivity contribution in [3.05, 3.63) is 57.0 Å². The molecule has 1 fully saturated rings. The lowest BCUT2D eigenvalue weighted by Crippen LogP contribution is -2.46. The van der Waals surface area contributed by atoms with Crippen molar-refractivity contribution in [2.75, 3.05) is 19.9 Å². The van der Waals surface area contributed by atoms with Crippen LogP contribution in [-0.2, 0) is 6.42 Å². The molecule has 1 aromatic heterocycles. The number of hydrogen-bond donors (Lipinski definition) is 1. The van der Waals surface area contributed by atoms with Crippen molar-refractivity contribution in [2.45, 2.75) is 33.1 Å². The van der Waals surface area contributed by atoms with Crippen LogP contribution in [0.15, 0.2) is 29.1 Å². The minimum absolute atomic E-state index is 0.0425. The van der Waals surface area contributed by atoms with Gasteiger partial charge in [-0.2, -0.15) is 5.26 Å². The Bertz CT molecular complexity index is 1070. The van der Waals surface area contributed by atoms with E-state index in [9.17, 15) is 9.59 Å². The number of pyridine rings is 1. The molecule has 2 aliphatic heterocycles. The Kier molecular flexibility index (Phi) is 4.79. The monoisotopic (exact) mass is 393 g/mol. The molecule has 1 saturated heterocycles. The Hall–Kier alpha value is -3.27. The zero-order valence-electron chi connectivity index (χ0n) is 16.6. The van der Waals surface area contributed by atoms with Crippen molar-refractivity contribution in [3.63, 3.8) is 0 Å². The number of amides is 1. The quantitative estimate of drug-likeness (QED) is 0.865. The van der Waals surface area contributed by atoms with E-state index in [4.69, 9.17) is 14.7 Å². The summed E-state index contributed by atoms with van der Waals surface area (Å²) in [6.45, 7) is 5.40. The molecule has 2 aliphatic rings. The number of nitrogens with zero attached hydrogens (tertiary/aromatic N) is 2. The maximum atomic E-state index is 13.2. The number of carbonyl (C=O) groups excluding carboxylic acids is 1. The number of ether oxygens (including phenoxy) is 2. The molecule has 1 atom stereocenters. The minimum Gasteiger partial charge on any atom is -0.454 e. The third kappa shape index (κ3) is 3.70. The number of fused-ring (bicyclic) bond motifs is 1. The number of piperidine rings is 1. The standard InChI is InChI=1S/C22H23N3O4/c1-14-17(9-16(11-23)20(26)24-14)21(27)25-7-3-6-22(2,12-25)10-15-4-5-18-19(8-15)29-13-28-18/h4-5,8-9H,3,6-7,10,12-13H2,1-2H3,(H,24,26)/t22-/m1/s1. The number of aromatic nitrogens is 1. The molecule has 0 saturated carbocycles. The van der Waals surface area contributed by atoms with Crippen LogP contribution >= 0.6 is 0 Å². The topological polar surface area (TPSA) is 95.4 Å². The number of rotatable bonds is 3. The first-order valence-electron chi connectivity index (χ1n) is 9.70. The van der Waals surface area contributed by atoms with Gasteiger partial charge in [-0.15, -0.1) is 0 Å². The first-order chi connectivity index (χ1) is 13.9. The molecule has 4 rings (SSSR count). The van der Waals surface area contributed by atoms with Gasteiger partial charge in [0.15, 0.2) is 11.5 Å². The molecule has 0 aliphatic carbocycles. The molecule has 0 bridgehead atoms. The van der Waals surface area contributed by atoms with Gasteiger partial charge in [0.05, 0.1) is 5.56 Å². The van der Waals surface area contributed by atoms with Crippen LogP contribution in [0.1, 0.15) is 46.9 Å². The van der Waals surface area contributed by atoms with Gasteiger partial charge in [-0.05, 0) is 55.4 Å². The highest BCUT2D eigenvalue weighted by Gasteiger charge is 2.34. The van der Waals surface area contributed by atoms with E-state index in [2.05, 4.69) is 11.9 Å². The molecule has 29 heavy (non-hydrogen) atoms. The number of aromatic amines is 1. The fraction of sp³-hybridized carbons (Fsp3) is 0.409. The summed E-state index contributed by atoms with van der Waals surface area (Å²) in [4.78, 5) is 29.4. The average molecular weight is 393 g/mol. The number of hydrogen-bond acceptors (Lipinski definition) is 5. The van der Waals surface area contributed by atoms with E-state index < -0.39 is 5.56 Å². The van der Waals surface area contributed by atoms with E-state index >= 15 is 0 Å². The molecule has 1 amide bonds. The van der Waals surface area contributed by atoms with Gasteiger partial charge in [-0.1, -0.05) is 13.0 Å². The van der Waals surface area contributed by atoms with Crippen molar-refractivity contribution in [1.82, 2.24) is 9.88 Å². The lowest BCUT2D eigenvalue weighted by atomic mass is 9.76. The Morgan fingerprint density at radius 1 is 1.31 bits per heavy atom. The fourth-order valence-corrected chi connectivity index (χ4v) is 4.28. The Labute approximate surface area is 168 Å². The van der Waals surface area contributed by atoms with Crippen LogP contribution in [0.25, 0.3) is 0 Å². The molecule has 2 aromatic rings. The van der Waals surface area contributed by atoms with Crippen LogP contribution in [0.4, 0.5) is 0 Å². The zero-order valence-corrected chi connectivity index (χ0v) is 16.6. The van der Waals surface area contributed by atoms with Crippen LogP contribution in [0.5, 0.6) is 11.5 Å². The largest absolute Gasteiger partial charge is 0.454 e. The first kappa shape index (κ1) is 19.1. The van der Waals surface area contributed by atoms with Crippen LogP contribution in [0.3, 0.4) is 0 Å². The Morgan fingerprint density at radius 2 is 2.10 bits per heavy atom. The highest BCUT2D eigenvalue weighted by Crippen LogP contribution is 2.38. The molecule has 1 N–H and O–H groups in total. The van der Waals surface area contributed by atoms with Crippen LogP contribution in [0.2, 0.25) is 0 Å². The summed E-state index contributed by atoms with van der Waals surface area (Å²) >= 11 is 0.